The number of nitro benzene ring substituents is 1. The van der Waals surface area contributed by atoms with E-state index in [1.807, 2.05) is 13.8 Å². The van der Waals surface area contributed by atoms with Crippen molar-refractivity contribution >= 4 is 17.3 Å². The van der Waals surface area contributed by atoms with Gasteiger partial charge in [-0.15, -0.1) is 0 Å². The average molecular weight is 251 g/mol. The van der Waals surface area contributed by atoms with Gasteiger partial charge in [-0.05, 0) is 18.9 Å². The van der Waals surface area contributed by atoms with E-state index in [4.69, 9.17) is 5.73 Å². The number of hydrogen-bond acceptors (Lipinski definition) is 4. The highest BCUT2D eigenvalue weighted by atomic mass is 16.6. The van der Waals surface area contributed by atoms with Crippen LogP contribution in [0.3, 0.4) is 0 Å². The minimum Gasteiger partial charge on any atom is -0.324 e. The molecule has 1 atom stereocenters. The van der Waals surface area contributed by atoms with Crippen molar-refractivity contribution in [3.8, 4) is 0 Å². The molecule has 0 aliphatic carbocycles. The second-order valence-electron chi connectivity index (χ2n) is 4.52. The number of anilines is 1. The molecule has 0 aliphatic heterocycles. The lowest BCUT2D eigenvalue weighted by atomic mass is 10.0. The molecule has 0 fully saturated rings. The Balaban J connectivity index is 2.89. The number of hydrogen-bond donors (Lipinski definition) is 2. The lowest BCUT2D eigenvalue weighted by Crippen LogP contribution is -2.39. The highest BCUT2D eigenvalue weighted by molar-refractivity contribution is 5.95. The predicted molar refractivity (Wildman–Crippen MR) is 69.3 cm³/mol. The molecule has 18 heavy (non-hydrogen) atoms. The minimum atomic E-state index is -0.634. The summed E-state index contributed by atoms with van der Waals surface area (Å²) in [6, 6.07) is 3.91. The number of amides is 1. The summed E-state index contributed by atoms with van der Waals surface area (Å²) in [7, 11) is 0. The topological polar surface area (TPSA) is 98.3 Å². The molecule has 6 heteroatoms. The Hall–Kier alpha value is -1.95. The van der Waals surface area contributed by atoms with Gasteiger partial charge in [-0.2, -0.15) is 0 Å². The quantitative estimate of drug-likeness (QED) is 0.630. The largest absolute Gasteiger partial charge is 0.324 e. The zero-order valence-corrected chi connectivity index (χ0v) is 10.6. The summed E-state index contributed by atoms with van der Waals surface area (Å²) in [5, 5.41) is 13.3. The number of carbonyl (C=O) groups is 1. The zero-order valence-electron chi connectivity index (χ0n) is 10.6. The third-order valence-corrected chi connectivity index (χ3v) is 2.69. The summed E-state index contributed by atoms with van der Waals surface area (Å²) in [5.74, 6) is -0.339. The summed E-state index contributed by atoms with van der Waals surface area (Å²) >= 11 is 0. The fourth-order valence-corrected chi connectivity index (χ4v) is 1.41. The number of nitro groups is 1. The van der Waals surface area contributed by atoms with Crippen LogP contribution in [0.15, 0.2) is 18.2 Å². The molecule has 1 aromatic rings. The van der Waals surface area contributed by atoms with Crippen molar-refractivity contribution in [2.45, 2.75) is 26.8 Å². The molecule has 0 unspecified atom stereocenters. The summed E-state index contributed by atoms with van der Waals surface area (Å²) in [5.41, 5.74) is 6.60. The molecule has 1 aromatic carbocycles. The monoisotopic (exact) mass is 251 g/mol. The molecule has 0 saturated heterocycles. The van der Waals surface area contributed by atoms with E-state index in [1.54, 1.807) is 19.1 Å². The first kappa shape index (κ1) is 14.1. The number of carbonyl (C=O) groups excluding carboxylic acids is 1. The van der Waals surface area contributed by atoms with Gasteiger partial charge in [0.2, 0.25) is 5.91 Å². The first-order valence-corrected chi connectivity index (χ1v) is 5.64. The van der Waals surface area contributed by atoms with E-state index in [-0.39, 0.29) is 17.5 Å². The van der Waals surface area contributed by atoms with E-state index in [9.17, 15) is 14.9 Å². The van der Waals surface area contributed by atoms with Gasteiger partial charge >= 0.3 is 0 Å². The van der Waals surface area contributed by atoms with Gasteiger partial charge in [-0.1, -0.05) is 19.9 Å². The van der Waals surface area contributed by atoms with Crippen molar-refractivity contribution in [3.63, 3.8) is 0 Å². The Morgan fingerprint density at radius 2 is 2.06 bits per heavy atom. The molecule has 0 radical (unpaired) electrons. The van der Waals surface area contributed by atoms with Crippen molar-refractivity contribution in [2.24, 2.45) is 11.7 Å². The fraction of sp³-hybridized carbons (Fsp3) is 0.417. The molecule has 0 aromatic heterocycles. The van der Waals surface area contributed by atoms with Crippen LogP contribution in [0.25, 0.3) is 0 Å². The second-order valence-corrected chi connectivity index (χ2v) is 4.52. The standard InChI is InChI=1S/C12H17N3O3/c1-7(2)11(13)12(16)14-9-5-4-8(3)10(6-9)15(17)18/h4-7,11H,13H2,1-3H3,(H,14,16)/t11-/m1/s1. The maximum atomic E-state index is 11.7. The Morgan fingerprint density at radius 3 is 2.56 bits per heavy atom. The van der Waals surface area contributed by atoms with Crippen LogP contribution in [0, 0.1) is 23.0 Å². The van der Waals surface area contributed by atoms with Crippen LogP contribution in [-0.4, -0.2) is 16.9 Å². The number of rotatable bonds is 4. The number of nitrogens with zero attached hydrogens (tertiary/aromatic N) is 1. The van der Waals surface area contributed by atoms with Gasteiger partial charge in [0.05, 0.1) is 11.0 Å². The molecule has 1 amide bonds. The number of benzene rings is 1. The van der Waals surface area contributed by atoms with Crippen LogP contribution in [0.5, 0.6) is 0 Å². The lowest BCUT2D eigenvalue weighted by Gasteiger charge is -2.15. The highest BCUT2D eigenvalue weighted by Gasteiger charge is 2.18. The van der Waals surface area contributed by atoms with Crippen molar-refractivity contribution in [3.05, 3.63) is 33.9 Å². The third kappa shape index (κ3) is 3.27. The van der Waals surface area contributed by atoms with Gasteiger partial charge < -0.3 is 11.1 Å². The summed E-state index contributed by atoms with van der Waals surface area (Å²) in [6.07, 6.45) is 0. The average Bonchev–Trinajstić information content (AvgIpc) is 2.29. The third-order valence-electron chi connectivity index (χ3n) is 2.69. The van der Waals surface area contributed by atoms with Crippen molar-refractivity contribution in [1.29, 1.82) is 0 Å². The lowest BCUT2D eigenvalue weighted by molar-refractivity contribution is -0.385. The smallest absolute Gasteiger partial charge is 0.274 e. The van der Waals surface area contributed by atoms with Gasteiger partial charge in [0, 0.05) is 17.3 Å². The normalized spacial score (nSPS) is 12.3. The van der Waals surface area contributed by atoms with E-state index in [2.05, 4.69) is 5.32 Å². The Morgan fingerprint density at radius 1 is 1.44 bits per heavy atom. The van der Waals surface area contributed by atoms with Crippen LogP contribution in [-0.2, 0) is 4.79 Å². The molecule has 0 heterocycles. The number of aryl methyl sites for hydroxylation is 1. The molecule has 0 aliphatic rings. The minimum absolute atomic E-state index is 0.00503. The van der Waals surface area contributed by atoms with E-state index in [0.717, 1.165) is 0 Å². The zero-order chi connectivity index (χ0) is 13.9. The number of nitrogens with one attached hydrogen (secondary N) is 1. The van der Waals surface area contributed by atoms with Crippen LogP contribution >= 0.6 is 0 Å². The molecule has 6 nitrogen and oxygen atoms in total. The molecule has 1 rings (SSSR count). The van der Waals surface area contributed by atoms with Gasteiger partial charge in [-0.25, -0.2) is 0 Å². The summed E-state index contributed by atoms with van der Waals surface area (Å²) in [4.78, 5) is 22.0. The second kappa shape index (κ2) is 5.59. The molecule has 98 valence electrons. The van der Waals surface area contributed by atoms with E-state index in [1.165, 1.54) is 6.07 Å². The Kier molecular flexibility index (Phi) is 4.38. The summed E-state index contributed by atoms with van der Waals surface area (Å²) < 4.78 is 0. The molecule has 3 N–H and O–H groups in total. The number of nitrogens with two attached hydrogens (primary N) is 1. The van der Waals surface area contributed by atoms with Crippen molar-refractivity contribution in [2.75, 3.05) is 5.32 Å². The SMILES string of the molecule is Cc1ccc(NC(=O)[C@H](N)C(C)C)cc1[N+](=O)[O-]. The van der Waals surface area contributed by atoms with Gasteiger partial charge in [0.25, 0.3) is 5.69 Å². The van der Waals surface area contributed by atoms with Crippen LogP contribution in [0.4, 0.5) is 11.4 Å². The molecule has 0 bridgehead atoms. The van der Waals surface area contributed by atoms with Crippen molar-refractivity contribution in [1.82, 2.24) is 0 Å². The Labute approximate surface area is 105 Å². The summed E-state index contributed by atoms with van der Waals surface area (Å²) in [6.45, 7) is 5.31. The first-order chi connectivity index (χ1) is 8.32. The Bertz CT molecular complexity index is 472. The first-order valence-electron chi connectivity index (χ1n) is 5.64. The van der Waals surface area contributed by atoms with E-state index < -0.39 is 11.0 Å². The van der Waals surface area contributed by atoms with Crippen LogP contribution in [0.1, 0.15) is 19.4 Å². The van der Waals surface area contributed by atoms with Crippen LogP contribution in [0.2, 0.25) is 0 Å². The van der Waals surface area contributed by atoms with Gasteiger partial charge in [-0.3, -0.25) is 14.9 Å². The van der Waals surface area contributed by atoms with Gasteiger partial charge in [0.1, 0.15) is 0 Å². The highest BCUT2D eigenvalue weighted by Crippen LogP contribution is 2.22. The molecule has 0 saturated carbocycles. The van der Waals surface area contributed by atoms with Crippen LogP contribution < -0.4 is 11.1 Å². The molecular formula is C12H17N3O3. The van der Waals surface area contributed by atoms with E-state index in [0.29, 0.717) is 11.3 Å². The fourth-order valence-electron chi connectivity index (χ4n) is 1.41. The maximum absolute atomic E-state index is 11.7. The van der Waals surface area contributed by atoms with Gasteiger partial charge in [0.15, 0.2) is 0 Å². The maximum Gasteiger partial charge on any atom is 0.274 e. The molecular weight excluding hydrogens is 234 g/mol. The predicted octanol–water partition coefficient (Wildman–Crippen LogP) is 1.83. The molecule has 0 spiro atoms. The van der Waals surface area contributed by atoms with E-state index >= 15 is 0 Å². The van der Waals surface area contributed by atoms with Crippen molar-refractivity contribution < 1.29 is 9.72 Å².